The summed E-state index contributed by atoms with van der Waals surface area (Å²) in [6, 6.07) is 2.74. The highest BCUT2D eigenvalue weighted by Gasteiger charge is 2.42. The Morgan fingerprint density at radius 2 is 1.67 bits per heavy atom. The van der Waals surface area contributed by atoms with Crippen LogP contribution in [0.2, 0.25) is 0 Å². The number of benzene rings is 1. The molecule has 0 saturated carbocycles. The van der Waals surface area contributed by atoms with Crippen LogP contribution < -0.4 is 27.0 Å². The van der Waals surface area contributed by atoms with Crippen molar-refractivity contribution in [1.29, 1.82) is 0 Å². The topological polar surface area (TPSA) is 258 Å². The summed E-state index contributed by atoms with van der Waals surface area (Å²) in [4.78, 5) is 105. The first-order chi connectivity index (χ1) is 27.7. The Morgan fingerprint density at radius 1 is 1.03 bits per heavy atom. The lowest BCUT2D eigenvalue weighted by Gasteiger charge is -2.40. The molecule has 60 heavy (non-hydrogen) atoms. The molecular weight excluding hydrogens is 862 g/mol. The number of nitrogens with one attached hydrogen (secondary N) is 4. The van der Waals surface area contributed by atoms with Gasteiger partial charge in [-0.15, -0.1) is 11.8 Å². The van der Waals surface area contributed by atoms with Crippen LogP contribution in [-0.4, -0.2) is 136 Å². The van der Waals surface area contributed by atoms with E-state index < -0.39 is 81.9 Å². The third-order valence-corrected chi connectivity index (χ3v) is 12.2. The Bertz CT molecular complexity index is 1800. The molecule has 0 aliphatic carbocycles. The van der Waals surface area contributed by atoms with Crippen molar-refractivity contribution in [2.45, 2.75) is 116 Å². The van der Waals surface area contributed by atoms with Gasteiger partial charge in [0, 0.05) is 54.2 Å². The maximum atomic E-state index is 14.3. The molecule has 1 aliphatic heterocycles. The number of rotatable bonds is 22. The first-order valence-corrected chi connectivity index (χ1v) is 21.5. The number of carboxylic acids is 2. The summed E-state index contributed by atoms with van der Waals surface area (Å²) in [6.45, 7) is 14.4. The number of likely N-dealkylation sites (tertiary alicyclic amines) is 1. The quantitative estimate of drug-likeness (QED) is 0.0650. The minimum Gasteiger partial charge on any atom is -0.480 e. The van der Waals surface area contributed by atoms with Crippen molar-refractivity contribution in [3.63, 3.8) is 0 Å². The lowest BCUT2D eigenvalue weighted by atomic mass is 9.76. The fourth-order valence-electron chi connectivity index (χ4n) is 6.69. The van der Waals surface area contributed by atoms with Crippen molar-refractivity contribution in [3.8, 4) is 0 Å². The number of carbonyl (C=O) groups is 8. The predicted molar refractivity (Wildman–Crippen MR) is 232 cm³/mol. The van der Waals surface area contributed by atoms with Crippen molar-refractivity contribution < 1.29 is 48.6 Å². The molecule has 6 atom stereocenters. The van der Waals surface area contributed by atoms with Crippen LogP contribution in [0.5, 0.6) is 0 Å². The van der Waals surface area contributed by atoms with Crippen molar-refractivity contribution in [3.05, 3.63) is 46.0 Å². The number of hydrogen-bond donors (Lipinski definition) is 7. The van der Waals surface area contributed by atoms with Gasteiger partial charge >= 0.3 is 11.9 Å². The number of thioether (sulfide) groups is 1. The Balaban J connectivity index is 2.08. The normalized spacial score (nSPS) is 17.4. The van der Waals surface area contributed by atoms with E-state index in [4.69, 9.17) is 10.8 Å². The number of aliphatic carboxylic acids is 2. The molecule has 2 rings (SSSR count). The Hall–Kier alpha value is -4.33. The summed E-state index contributed by atoms with van der Waals surface area (Å²) in [5.74, 6) is -5.89. The molecule has 0 radical (unpaired) electrons. The van der Waals surface area contributed by atoms with Crippen molar-refractivity contribution >= 4 is 75.1 Å². The average molecular weight is 925 g/mol. The van der Waals surface area contributed by atoms with E-state index in [1.807, 2.05) is 72.7 Å². The van der Waals surface area contributed by atoms with Gasteiger partial charge in [0.05, 0.1) is 17.3 Å². The first kappa shape index (κ1) is 51.8. The minimum absolute atomic E-state index is 0.0559. The lowest BCUT2D eigenvalue weighted by Crippen LogP contribution is -2.61. The maximum absolute atomic E-state index is 14.3. The van der Waals surface area contributed by atoms with Crippen LogP contribution in [0, 0.1) is 11.3 Å². The molecule has 1 aromatic rings. The average Bonchev–Trinajstić information content (AvgIpc) is 3.42. The number of likely N-dealkylation sites (N-methyl/N-ethyl adjacent to an activating group) is 2. The summed E-state index contributed by atoms with van der Waals surface area (Å²) < 4.78 is 0.867. The zero-order chi connectivity index (χ0) is 45.9. The largest absolute Gasteiger partial charge is 0.480 e. The highest BCUT2D eigenvalue weighted by atomic mass is 79.9. The fourth-order valence-corrected chi connectivity index (χ4v) is 8.20. The van der Waals surface area contributed by atoms with Crippen LogP contribution in [0.25, 0.3) is 0 Å². The van der Waals surface area contributed by atoms with Gasteiger partial charge in [-0.3, -0.25) is 38.5 Å². The summed E-state index contributed by atoms with van der Waals surface area (Å²) in [5, 5.41) is 29.2. The third-order valence-electron chi connectivity index (χ3n) is 10.4. The zero-order valence-electron chi connectivity index (χ0n) is 36.1. The molecular formula is C41H62BrN7O10S. The van der Waals surface area contributed by atoms with Crippen molar-refractivity contribution in [1.82, 2.24) is 31.1 Å². The first-order valence-electron chi connectivity index (χ1n) is 19.7. The lowest BCUT2D eigenvalue weighted by molar-refractivity contribution is -0.142. The standard InChI is InChI=1S/C41H62BrN7O10S/c1-22(2)28(48(10)37(55)33(40(4,5)6)47-35(53)32(44-9)41(7,8)24-12-11-13-25(42)19-24)18-23(3)34(52)46-27(39(58)59)14-15-30(50)45-16-17-49-31(51)20-29(36(49)54)60-21-26(43)38(56)57/h11-13,18-19,22,26-29,32-33,44H,14-17,20-21,43H2,1-10H3,(H,45,50)(H,46,52)(H,47,53)(H,56,57)(H,58,59)/b23-18+/t26-,27+,28+,29?,32+,33?/m0/s1. The van der Waals surface area contributed by atoms with E-state index in [9.17, 15) is 43.5 Å². The number of hydrogen-bond acceptors (Lipinski definition) is 11. The van der Waals surface area contributed by atoms with E-state index in [0.717, 1.165) is 26.7 Å². The van der Waals surface area contributed by atoms with Gasteiger partial charge < -0.3 is 42.1 Å². The van der Waals surface area contributed by atoms with E-state index in [-0.39, 0.29) is 61.4 Å². The molecule has 19 heteroatoms. The molecule has 1 aromatic carbocycles. The molecule has 6 amide bonds. The predicted octanol–water partition coefficient (Wildman–Crippen LogP) is 2.01. The summed E-state index contributed by atoms with van der Waals surface area (Å²) in [7, 11) is 3.28. The smallest absolute Gasteiger partial charge is 0.326 e. The van der Waals surface area contributed by atoms with Crippen LogP contribution in [0.4, 0.5) is 0 Å². The highest BCUT2D eigenvalue weighted by molar-refractivity contribution is 9.10. The van der Waals surface area contributed by atoms with E-state index in [0.29, 0.717) is 0 Å². The number of carbonyl (C=O) groups excluding carboxylic acids is 6. The minimum atomic E-state index is -1.44. The maximum Gasteiger partial charge on any atom is 0.326 e. The summed E-state index contributed by atoms with van der Waals surface area (Å²) >= 11 is 4.48. The van der Waals surface area contributed by atoms with Crippen molar-refractivity contribution in [2.24, 2.45) is 17.1 Å². The zero-order valence-corrected chi connectivity index (χ0v) is 38.5. The van der Waals surface area contributed by atoms with Crippen LogP contribution in [0.3, 0.4) is 0 Å². The second-order valence-electron chi connectivity index (χ2n) is 16.9. The second-order valence-corrected chi connectivity index (χ2v) is 19.1. The number of nitrogens with zero attached hydrogens (tertiary/aromatic N) is 2. The molecule has 2 unspecified atom stereocenters. The summed E-state index contributed by atoms with van der Waals surface area (Å²) in [5.41, 5.74) is 5.14. The number of nitrogens with two attached hydrogens (primary N) is 1. The van der Waals surface area contributed by atoms with Crippen LogP contribution in [0.1, 0.15) is 80.2 Å². The Labute approximate surface area is 364 Å². The molecule has 1 saturated heterocycles. The van der Waals surface area contributed by atoms with Crippen molar-refractivity contribution in [2.75, 3.05) is 32.9 Å². The molecule has 0 spiro atoms. The van der Waals surface area contributed by atoms with Gasteiger partial charge in [0.15, 0.2) is 0 Å². The van der Waals surface area contributed by atoms with Gasteiger partial charge in [-0.25, -0.2) is 4.79 Å². The molecule has 0 bridgehead atoms. The molecule has 334 valence electrons. The molecule has 8 N–H and O–H groups in total. The number of carboxylic acid groups (broad SMARTS) is 2. The van der Waals surface area contributed by atoms with Gasteiger partial charge in [-0.1, -0.05) is 82.6 Å². The van der Waals surface area contributed by atoms with Gasteiger partial charge in [0.1, 0.15) is 18.1 Å². The Kier molecular flexibility index (Phi) is 19.4. The monoisotopic (exact) mass is 923 g/mol. The van der Waals surface area contributed by atoms with Gasteiger partial charge in [0.25, 0.3) is 0 Å². The summed E-state index contributed by atoms with van der Waals surface area (Å²) in [6.07, 6.45) is 0.882. The molecule has 1 aliphatic rings. The molecule has 17 nitrogen and oxygen atoms in total. The molecule has 0 aromatic heterocycles. The highest BCUT2D eigenvalue weighted by Crippen LogP contribution is 2.31. The third kappa shape index (κ3) is 14.4. The van der Waals surface area contributed by atoms with E-state index in [2.05, 4.69) is 37.2 Å². The van der Waals surface area contributed by atoms with Crippen LogP contribution in [-0.2, 0) is 43.8 Å². The fraction of sp³-hybridized carbons (Fsp3) is 0.610. The number of imide groups is 1. The van der Waals surface area contributed by atoms with Gasteiger partial charge in [-0.2, -0.15) is 0 Å². The SMILES string of the molecule is CN[C@H](C(=O)NC(C(=O)N(C)[C@H](/C=C(\C)C(=O)N[C@H](CCC(=O)NCCN1C(=O)CC(SC[C@H](N)C(=O)O)C1=O)C(=O)O)C(C)C)C(C)(C)C)C(C)(C)c1cccc(Br)c1. The van der Waals surface area contributed by atoms with Gasteiger partial charge in [-0.05, 0) is 49.4 Å². The van der Waals surface area contributed by atoms with Gasteiger partial charge in [0.2, 0.25) is 35.4 Å². The molecule has 1 heterocycles. The van der Waals surface area contributed by atoms with Crippen LogP contribution >= 0.6 is 27.7 Å². The Morgan fingerprint density at radius 3 is 2.20 bits per heavy atom. The van der Waals surface area contributed by atoms with E-state index in [1.54, 1.807) is 20.2 Å². The van der Waals surface area contributed by atoms with E-state index in [1.165, 1.54) is 11.8 Å². The second kappa shape index (κ2) is 22.5. The number of halogens is 1. The number of amides is 6. The van der Waals surface area contributed by atoms with Crippen LogP contribution in [0.15, 0.2) is 40.4 Å². The molecule has 1 fully saturated rings. The van der Waals surface area contributed by atoms with E-state index >= 15 is 0 Å².